The summed E-state index contributed by atoms with van der Waals surface area (Å²) >= 11 is 1.37. The molecule has 0 unspecified atom stereocenters. The monoisotopic (exact) mass is 440 g/mol. The molecule has 0 atom stereocenters. The molecule has 1 amide bonds. The summed E-state index contributed by atoms with van der Waals surface area (Å²) in [5, 5.41) is 10.3. The van der Waals surface area contributed by atoms with Gasteiger partial charge in [0.1, 0.15) is 5.75 Å². The number of anilines is 1. The Morgan fingerprint density at radius 2 is 1.90 bits per heavy atom. The van der Waals surface area contributed by atoms with E-state index in [2.05, 4.69) is 4.40 Å². The van der Waals surface area contributed by atoms with Gasteiger partial charge in [-0.1, -0.05) is 6.07 Å². The molecule has 1 heterocycles. The summed E-state index contributed by atoms with van der Waals surface area (Å²) in [6.45, 7) is 5.37. The van der Waals surface area contributed by atoms with E-state index in [0.29, 0.717) is 11.4 Å². The summed E-state index contributed by atoms with van der Waals surface area (Å²) in [6, 6.07) is 12.4. The van der Waals surface area contributed by atoms with E-state index in [1.54, 1.807) is 41.6 Å². The van der Waals surface area contributed by atoms with Gasteiger partial charge in [-0.2, -0.15) is 0 Å². The van der Waals surface area contributed by atoms with Crippen LogP contribution in [0.1, 0.15) is 36.9 Å². The highest BCUT2D eigenvalue weighted by molar-refractivity contribution is 7.97. The van der Waals surface area contributed by atoms with Crippen molar-refractivity contribution in [3.63, 3.8) is 0 Å². The fourth-order valence-corrected chi connectivity index (χ4v) is 3.41. The maximum absolute atomic E-state index is 13.5. The van der Waals surface area contributed by atoms with Crippen LogP contribution in [-0.4, -0.2) is 41.6 Å². The van der Waals surface area contributed by atoms with Crippen molar-refractivity contribution >= 4 is 46.5 Å². The Morgan fingerprint density at radius 3 is 2.52 bits per heavy atom. The molecule has 7 nitrogen and oxygen atoms in total. The lowest BCUT2D eigenvalue weighted by molar-refractivity contribution is -0.139. The second kappa shape index (κ2) is 9.26. The topological polar surface area (TPSA) is 92.3 Å². The molecule has 0 radical (unpaired) electrons. The van der Waals surface area contributed by atoms with Gasteiger partial charge in [0.2, 0.25) is 0 Å². The smallest absolute Gasteiger partial charge is 0.341 e. The van der Waals surface area contributed by atoms with Crippen molar-refractivity contribution < 1.29 is 23.8 Å². The molecule has 0 aliphatic rings. The van der Waals surface area contributed by atoms with E-state index in [-0.39, 0.29) is 11.7 Å². The van der Waals surface area contributed by atoms with E-state index in [4.69, 9.17) is 14.3 Å². The highest BCUT2D eigenvalue weighted by atomic mass is 32.2. The van der Waals surface area contributed by atoms with E-state index in [9.17, 15) is 9.59 Å². The van der Waals surface area contributed by atoms with Crippen molar-refractivity contribution in [1.29, 1.82) is 0 Å². The quantitative estimate of drug-likeness (QED) is 0.409. The molecule has 0 saturated heterocycles. The van der Waals surface area contributed by atoms with Crippen LogP contribution in [0, 0.1) is 0 Å². The number of carboxylic acid groups (broad SMARTS) is 1. The lowest BCUT2D eigenvalue weighted by Crippen LogP contribution is -2.46. The fourth-order valence-electron chi connectivity index (χ4n) is 3.18. The van der Waals surface area contributed by atoms with Gasteiger partial charge in [-0.25, -0.2) is 9.19 Å². The molecule has 0 fully saturated rings. The van der Waals surface area contributed by atoms with Crippen molar-refractivity contribution in [2.45, 2.75) is 26.3 Å². The average Bonchev–Trinajstić information content (AvgIpc) is 3.14. The number of carboxylic acids is 1. The Hall–Kier alpha value is -3.26. The largest absolute Gasteiger partial charge is 0.482 e. The van der Waals surface area contributed by atoms with Crippen molar-refractivity contribution in [3.05, 3.63) is 60.1 Å². The second-order valence-corrected chi connectivity index (χ2v) is 8.39. The van der Waals surface area contributed by atoms with Gasteiger partial charge in [0.05, 0.1) is 6.26 Å². The van der Waals surface area contributed by atoms with Crippen LogP contribution in [0.25, 0.3) is 10.8 Å². The van der Waals surface area contributed by atoms with Crippen LogP contribution in [0.15, 0.2) is 57.5 Å². The van der Waals surface area contributed by atoms with Crippen LogP contribution in [0.2, 0.25) is 0 Å². The lowest BCUT2D eigenvalue weighted by Gasteiger charge is -2.35. The number of amides is 1. The third kappa shape index (κ3) is 5.27. The minimum atomic E-state index is -1.05. The number of rotatable bonds is 7. The molecule has 8 heteroatoms. The molecule has 3 rings (SSSR count). The molecule has 0 saturated carbocycles. The number of benzene rings is 2. The van der Waals surface area contributed by atoms with Gasteiger partial charge >= 0.3 is 5.97 Å². The summed E-state index contributed by atoms with van der Waals surface area (Å²) in [5.41, 5.74) is 1.03. The van der Waals surface area contributed by atoms with Gasteiger partial charge in [-0.05, 0) is 74.7 Å². The SMILES string of the molecule is CSN=Cc1ccc2c(C(=O)N(c3ccc(OCC(=O)O)cc3)C(C)(C)C)occ2c1. The summed E-state index contributed by atoms with van der Waals surface area (Å²) < 4.78 is 15.0. The lowest BCUT2D eigenvalue weighted by atomic mass is 10.0. The van der Waals surface area contributed by atoms with Crippen LogP contribution in [0.4, 0.5) is 5.69 Å². The maximum atomic E-state index is 13.5. The summed E-state index contributed by atoms with van der Waals surface area (Å²) in [6.07, 6.45) is 5.21. The van der Waals surface area contributed by atoms with Gasteiger partial charge in [-0.15, -0.1) is 0 Å². The summed E-state index contributed by atoms with van der Waals surface area (Å²) in [4.78, 5) is 25.8. The number of fused-ring (bicyclic) bond motifs is 1. The summed E-state index contributed by atoms with van der Waals surface area (Å²) in [7, 11) is 0. The number of carbonyl (C=O) groups is 2. The first kappa shape index (κ1) is 22.4. The van der Waals surface area contributed by atoms with E-state index >= 15 is 0 Å². The number of hydrogen-bond donors (Lipinski definition) is 1. The van der Waals surface area contributed by atoms with Gasteiger partial charge < -0.3 is 19.2 Å². The molecule has 3 aromatic rings. The second-order valence-electron chi connectivity index (χ2n) is 7.82. The first-order valence-corrected chi connectivity index (χ1v) is 10.8. The fraction of sp³-hybridized carbons (Fsp3) is 0.261. The maximum Gasteiger partial charge on any atom is 0.341 e. The van der Waals surface area contributed by atoms with Crippen LogP contribution < -0.4 is 9.64 Å². The molecular weight excluding hydrogens is 416 g/mol. The predicted molar refractivity (Wildman–Crippen MR) is 123 cm³/mol. The van der Waals surface area contributed by atoms with Crippen LogP contribution in [0.5, 0.6) is 5.75 Å². The Balaban J connectivity index is 1.94. The van der Waals surface area contributed by atoms with Gasteiger partial charge in [0, 0.05) is 34.5 Å². The number of furan rings is 1. The van der Waals surface area contributed by atoms with E-state index in [1.807, 2.05) is 45.2 Å². The molecule has 2 aromatic carbocycles. The minimum Gasteiger partial charge on any atom is -0.482 e. The molecule has 0 spiro atoms. The minimum absolute atomic E-state index is 0.254. The standard InChI is InChI=1S/C23H24N2O5S/c1-23(2,3)25(17-6-8-18(9-7-17)29-14-20(26)27)22(28)21-19-10-5-15(12-24-31-4)11-16(19)13-30-21/h5-13H,14H2,1-4H3,(H,26,27). The Morgan fingerprint density at radius 1 is 1.19 bits per heavy atom. The Kier molecular flexibility index (Phi) is 6.70. The van der Waals surface area contributed by atoms with Gasteiger partial charge in [0.25, 0.3) is 5.91 Å². The molecule has 162 valence electrons. The zero-order valence-corrected chi connectivity index (χ0v) is 18.6. The van der Waals surface area contributed by atoms with E-state index in [1.165, 1.54) is 11.9 Å². The molecule has 0 bridgehead atoms. The van der Waals surface area contributed by atoms with Gasteiger partial charge in [0.15, 0.2) is 12.4 Å². The zero-order chi connectivity index (χ0) is 22.6. The zero-order valence-electron chi connectivity index (χ0n) is 17.8. The Labute approximate surface area is 184 Å². The highest BCUT2D eigenvalue weighted by Gasteiger charge is 2.32. The predicted octanol–water partition coefficient (Wildman–Crippen LogP) is 5.04. The molecular formula is C23H24N2O5S. The summed E-state index contributed by atoms with van der Waals surface area (Å²) in [5.74, 6) is -0.657. The van der Waals surface area contributed by atoms with Crippen molar-refractivity contribution in [2.24, 2.45) is 4.40 Å². The molecule has 1 N–H and O–H groups in total. The van der Waals surface area contributed by atoms with E-state index in [0.717, 1.165) is 16.3 Å². The molecule has 0 aliphatic heterocycles. The molecule has 31 heavy (non-hydrogen) atoms. The molecule has 1 aromatic heterocycles. The van der Waals surface area contributed by atoms with Crippen molar-refractivity contribution in [2.75, 3.05) is 17.8 Å². The van der Waals surface area contributed by atoms with Crippen LogP contribution in [-0.2, 0) is 4.79 Å². The highest BCUT2D eigenvalue weighted by Crippen LogP contribution is 2.31. The Bertz CT molecular complexity index is 1110. The normalized spacial score (nSPS) is 11.7. The number of nitrogens with zero attached hydrogens (tertiary/aromatic N) is 2. The average molecular weight is 441 g/mol. The van der Waals surface area contributed by atoms with Crippen LogP contribution >= 0.6 is 11.9 Å². The number of hydrogen-bond acceptors (Lipinski definition) is 6. The number of ether oxygens (including phenoxy) is 1. The first-order chi connectivity index (χ1) is 14.7. The first-order valence-electron chi connectivity index (χ1n) is 9.57. The van der Waals surface area contributed by atoms with Crippen LogP contribution in [0.3, 0.4) is 0 Å². The van der Waals surface area contributed by atoms with Crippen molar-refractivity contribution in [3.8, 4) is 5.75 Å². The third-order valence-electron chi connectivity index (χ3n) is 4.46. The third-order valence-corrected chi connectivity index (χ3v) is 4.77. The number of carbonyl (C=O) groups excluding carboxylic acids is 1. The molecule has 0 aliphatic carbocycles. The van der Waals surface area contributed by atoms with Gasteiger partial charge in [-0.3, -0.25) is 4.79 Å². The van der Waals surface area contributed by atoms with Crippen molar-refractivity contribution in [1.82, 2.24) is 0 Å². The van der Waals surface area contributed by atoms with E-state index < -0.39 is 18.1 Å². The number of aliphatic carboxylic acids is 1.